The summed E-state index contributed by atoms with van der Waals surface area (Å²) < 4.78 is 0. The maximum Gasteiger partial charge on any atom is 0.251 e. The number of hydrogen-bond donors (Lipinski definition) is 2. The molecule has 0 saturated carbocycles. The molecule has 2 N–H and O–H groups in total. The van der Waals surface area contributed by atoms with E-state index in [0.717, 1.165) is 11.1 Å². The maximum absolute atomic E-state index is 11.6. The van der Waals surface area contributed by atoms with Gasteiger partial charge in [-0.1, -0.05) is 13.0 Å². The van der Waals surface area contributed by atoms with Gasteiger partial charge < -0.3 is 10.1 Å². The van der Waals surface area contributed by atoms with Crippen LogP contribution in [0.1, 0.15) is 29.5 Å². The highest BCUT2D eigenvalue weighted by Gasteiger charge is 2.14. The topological polar surface area (TPSA) is 53.1 Å². The molecule has 1 heterocycles. The molecule has 18 heavy (non-hydrogen) atoms. The zero-order chi connectivity index (χ0) is 13.4. The number of hydrogen-bond acceptors (Lipinski definition) is 2. The van der Waals surface area contributed by atoms with Crippen LogP contribution in [0.3, 0.4) is 0 Å². The van der Waals surface area contributed by atoms with E-state index in [1.165, 1.54) is 0 Å². The van der Waals surface area contributed by atoms with E-state index >= 15 is 0 Å². The van der Waals surface area contributed by atoms with Crippen LogP contribution in [0, 0.1) is 13.8 Å². The van der Waals surface area contributed by atoms with Crippen molar-refractivity contribution in [2.24, 2.45) is 0 Å². The number of aromatic amines is 1. The van der Waals surface area contributed by atoms with E-state index < -0.39 is 0 Å². The molecule has 0 fully saturated rings. The molecule has 0 saturated heterocycles. The highest BCUT2D eigenvalue weighted by Crippen LogP contribution is 2.34. The standard InChI is InChI=1S/C15H17NO2/c1-5-8(2)11-6-9(3)13-12(14(11)17)7-10(4)15(18)16-13/h5-8,17H,1H2,2-4H3,(H,16,18). The number of nitrogens with one attached hydrogen (secondary N) is 1. The van der Waals surface area contributed by atoms with E-state index in [9.17, 15) is 9.90 Å². The molecular weight excluding hydrogens is 226 g/mol. The molecule has 0 spiro atoms. The van der Waals surface area contributed by atoms with E-state index in [1.807, 2.05) is 19.9 Å². The van der Waals surface area contributed by atoms with Gasteiger partial charge in [0.05, 0.1) is 5.52 Å². The number of aromatic nitrogens is 1. The van der Waals surface area contributed by atoms with Gasteiger partial charge in [-0.2, -0.15) is 0 Å². The summed E-state index contributed by atoms with van der Waals surface area (Å²) in [6.07, 6.45) is 1.79. The average molecular weight is 243 g/mol. The normalized spacial score (nSPS) is 12.6. The molecule has 0 radical (unpaired) electrons. The monoisotopic (exact) mass is 243 g/mol. The van der Waals surface area contributed by atoms with Crippen LogP contribution in [-0.2, 0) is 0 Å². The summed E-state index contributed by atoms with van der Waals surface area (Å²) in [6, 6.07) is 3.63. The molecule has 2 rings (SSSR count). The van der Waals surface area contributed by atoms with E-state index in [-0.39, 0.29) is 17.2 Å². The SMILES string of the molecule is C=CC(C)c1cc(C)c2[nH]c(=O)c(C)cc2c1O. The van der Waals surface area contributed by atoms with Gasteiger partial charge in [0.15, 0.2) is 0 Å². The number of H-pyrrole nitrogens is 1. The number of phenolic OH excluding ortho intramolecular Hbond substituents is 1. The molecule has 0 amide bonds. The van der Waals surface area contributed by atoms with Crippen LogP contribution in [0.25, 0.3) is 10.9 Å². The molecule has 1 unspecified atom stereocenters. The van der Waals surface area contributed by atoms with E-state index in [0.29, 0.717) is 16.5 Å². The van der Waals surface area contributed by atoms with Crippen molar-refractivity contribution in [1.82, 2.24) is 4.98 Å². The summed E-state index contributed by atoms with van der Waals surface area (Å²) >= 11 is 0. The zero-order valence-electron chi connectivity index (χ0n) is 10.9. The molecule has 0 aliphatic rings. The van der Waals surface area contributed by atoms with E-state index in [2.05, 4.69) is 11.6 Å². The Hall–Kier alpha value is -2.03. The van der Waals surface area contributed by atoms with E-state index in [4.69, 9.17) is 0 Å². The van der Waals surface area contributed by atoms with Gasteiger partial charge in [0.25, 0.3) is 5.56 Å². The van der Waals surface area contributed by atoms with Crippen LogP contribution >= 0.6 is 0 Å². The molecule has 1 atom stereocenters. The Morgan fingerprint density at radius 3 is 2.61 bits per heavy atom. The zero-order valence-corrected chi connectivity index (χ0v) is 10.9. The van der Waals surface area contributed by atoms with Crippen molar-refractivity contribution in [2.75, 3.05) is 0 Å². The molecule has 0 aliphatic heterocycles. The summed E-state index contributed by atoms with van der Waals surface area (Å²) in [7, 11) is 0. The van der Waals surface area contributed by atoms with Crippen molar-refractivity contribution in [2.45, 2.75) is 26.7 Å². The molecule has 2 aromatic rings. The Kier molecular flexibility index (Phi) is 2.99. The third kappa shape index (κ3) is 1.82. The van der Waals surface area contributed by atoms with Crippen molar-refractivity contribution in [3.05, 3.63) is 51.8 Å². The highest BCUT2D eigenvalue weighted by atomic mass is 16.3. The fraction of sp³-hybridized carbons (Fsp3) is 0.267. The first-order chi connectivity index (χ1) is 8.45. The van der Waals surface area contributed by atoms with Crippen LogP contribution in [0.2, 0.25) is 0 Å². The fourth-order valence-electron chi connectivity index (χ4n) is 2.13. The minimum Gasteiger partial charge on any atom is -0.507 e. The van der Waals surface area contributed by atoms with Crippen LogP contribution in [0.4, 0.5) is 0 Å². The average Bonchev–Trinajstić information content (AvgIpc) is 2.35. The highest BCUT2D eigenvalue weighted by molar-refractivity contribution is 5.89. The maximum atomic E-state index is 11.6. The Balaban J connectivity index is 2.90. The Bertz CT molecular complexity index is 683. The second kappa shape index (κ2) is 4.33. The lowest BCUT2D eigenvalue weighted by molar-refractivity contribution is 0.473. The Morgan fingerprint density at radius 2 is 2.00 bits per heavy atom. The van der Waals surface area contributed by atoms with Crippen LogP contribution in [0.15, 0.2) is 29.6 Å². The number of aromatic hydroxyl groups is 1. The lowest BCUT2D eigenvalue weighted by atomic mass is 9.95. The van der Waals surface area contributed by atoms with Crippen molar-refractivity contribution in [1.29, 1.82) is 0 Å². The van der Waals surface area contributed by atoms with Gasteiger partial charge >= 0.3 is 0 Å². The lowest BCUT2D eigenvalue weighted by Gasteiger charge is -2.14. The molecule has 3 nitrogen and oxygen atoms in total. The summed E-state index contributed by atoms with van der Waals surface area (Å²) in [5, 5.41) is 11.0. The van der Waals surface area contributed by atoms with Crippen LogP contribution < -0.4 is 5.56 Å². The Labute approximate surface area is 106 Å². The lowest BCUT2D eigenvalue weighted by Crippen LogP contribution is -2.09. The van der Waals surface area contributed by atoms with Crippen molar-refractivity contribution < 1.29 is 5.11 Å². The number of benzene rings is 1. The van der Waals surface area contributed by atoms with Gasteiger partial charge in [-0.15, -0.1) is 6.58 Å². The fourth-order valence-corrected chi connectivity index (χ4v) is 2.13. The van der Waals surface area contributed by atoms with Crippen LogP contribution in [0.5, 0.6) is 5.75 Å². The smallest absolute Gasteiger partial charge is 0.251 e. The van der Waals surface area contributed by atoms with Crippen molar-refractivity contribution >= 4 is 10.9 Å². The number of fused-ring (bicyclic) bond motifs is 1. The van der Waals surface area contributed by atoms with Crippen molar-refractivity contribution in [3.63, 3.8) is 0 Å². The molecule has 0 aliphatic carbocycles. The molecule has 1 aromatic heterocycles. The number of rotatable bonds is 2. The first-order valence-corrected chi connectivity index (χ1v) is 5.94. The molecule has 1 aromatic carbocycles. The summed E-state index contributed by atoms with van der Waals surface area (Å²) in [6.45, 7) is 9.38. The molecule has 0 bridgehead atoms. The summed E-state index contributed by atoms with van der Waals surface area (Å²) in [4.78, 5) is 14.4. The van der Waals surface area contributed by atoms with Crippen molar-refractivity contribution in [3.8, 4) is 5.75 Å². The second-order valence-corrected chi connectivity index (χ2v) is 4.73. The largest absolute Gasteiger partial charge is 0.507 e. The quantitative estimate of drug-likeness (QED) is 0.796. The van der Waals surface area contributed by atoms with Gasteiger partial charge in [-0.25, -0.2) is 0 Å². The predicted molar refractivity (Wildman–Crippen MR) is 74.3 cm³/mol. The molecule has 3 heteroatoms. The third-order valence-corrected chi connectivity index (χ3v) is 3.37. The first kappa shape index (κ1) is 12.4. The number of phenols is 1. The third-order valence-electron chi connectivity index (χ3n) is 3.37. The number of allylic oxidation sites excluding steroid dienone is 1. The number of aryl methyl sites for hydroxylation is 2. The van der Waals surface area contributed by atoms with Gasteiger partial charge in [-0.05, 0) is 31.5 Å². The molecular formula is C15H17NO2. The first-order valence-electron chi connectivity index (χ1n) is 5.94. The van der Waals surface area contributed by atoms with Gasteiger partial charge in [-0.3, -0.25) is 4.79 Å². The Morgan fingerprint density at radius 1 is 1.33 bits per heavy atom. The molecule has 94 valence electrons. The number of pyridine rings is 1. The van der Waals surface area contributed by atoms with E-state index in [1.54, 1.807) is 19.1 Å². The van der Waals surface area contributed by atoms with Gasteiger partial charge in [0.2, 0.25) is 0 Å². The minimum atomic E-state index is -0.116. The predicted octanol–water partition coefficient (Wildman–Crippen LogP) is 3.14. The van der Waals surface area contributed by atoms with Gasteiger partial charge in [0, 0.05) is 22.4 Å². The summed E-state index contributed by atoms with van der Waals surface area (Å²) in [5.41, 5.74) is 2.96. The minimum absolute atomic E-state index is 0.0698. The van der Waals surface area contributed by atoms with Gasteiger partial charge in [0.1, 0.15) is 5.75 Å². The summed E-state index contributed by atoms with van der Waals surface area (Å²) in [5.74, 6) is 0.294. The van der Waals surface area contributed by atoms with Crippen LogP contribution in [-0.4, -0.2) is 10.1 Å². The second-order valence-electron chi connectivity index (χ2n) is 4.73.